The minimum absolute atomic E-state index is 0.0542. The zero-order valence-electron chi connectivity index (χ0n) is 18.9. The SMILES string of the molecule is O=C(NO)C1(NS(=O)(=O)c2ccc(OCc3ccc(F)cc3Cl)cc2)CCC(c2cccnc2)OC1. The lowest BCUT2D eigenvalue weighted by atomic mass is 9.88. The molecule has 0 spiro atoms. The molecule has 0 radical (unpaired) electrons. The van der Waals surface area contributed by atoms with Crippen LogP contribution in [-0.4, -0.2) is 36.7 Å². The summed E-state index contributed by atoms with van der Waals surface area (Å²) in [5.74, 6) is -1.03. The summed E-state index contributed by atoms with van der Waals surface area (Å²) in [6, 6.07) is 13.0. The fourth-order valence-electron chi connectivity index (χ4n) is 3.85. The Morgan fingerprint density at radius 1 is 1.25 bits per heavy atom. The maximum Gasteiger partial charge on any atom is 0.267 e. The van der Waals surface area contributed by atoms with Gasteiger partial charge in [0.2, 0.25) is 10.0 Å². The van der Waals surface area contributed by atoms with Gasteiger partial charge in [0.15, 0.2) is 0 Å². The largest absolute Gasteiger partial charge is 0.489 e. The van der Waals surface area contributed by atoms with Gasteiger partial charge in [-0.1, -0.05) is 23.7 Å². The van der Waals surface area contributed by atoms with Crippen LogP contribution in [0.25, 0.3) is 0 Å². The molecule has 0 saturated carbocycles. The highest BCUT2D eigenvalue weighted by atomic mass is 35.5. The molecule has 2 heterocycles. The number of nitrogens with zero attached hydrogens (tertiary/aromatic N) is 1. The number of pyridine rings is 1. The maximum atomic E-state index is 13.2. The van der Waals surface area contributed by atoms with E-state index in [1.54, 1.807) is 23.9 Å². The standard InChI is InChI=1S/C24H23ClFN3O6S/c25-21-12-18(26)4-3-17(21)14-34-19-5-7-20(8-6-19)36(32,33)29-24(23(30)28-31)10-9-22(35-15-24)16-2-1-11-27-13-16/h1-8,11-13,22,29,31H,9-10,14-15H2,(H,28,30). The molecule has 2 aromatic carbocycles. The zero-order chi connectivity index (χ0) is 25.8. The van der Waals surface area contributed by atoms with E-state index in [9.17, 15) is 22.8 Å². The van der Waals surface area contributed by atoms with E-state index in [4.69, 9.17) is 21.1 Å². The molecule has 1 aliphatic rings. The Kier molecular flexibility index (Phi) is 7.86. The van der Waals surface area contributed by atoms with Crippen molar-refractivity contribution >= 4 is 27.5 Å². The van der Waals surface area contributed by atoms with Crippen molar-refractivity contribution in [3.63, 3.8) is 0 Å². The van der Waals surface area contributed by atoms with Crippen LogP contribution >= 0.6 is 11.6 Å². The second kappa shape index (κ2) is 10.9. The van der Waals surface area contributed by atoms with Crippen LogP contribution in [0.3, 0.4) is 0 Å². The number of hydroxylamine groups is 1. The van der Waals surface area contributed by atoms with E-state index in [2.05, 4.69) is 9.71 Å². The van der Waals surface area contributed by atoms with Gasteiger partial charge in [-0.25, -0.2) is 18.3 Å². The number of amides is 1. The number of nitrogens with one attached hydrogen (secondary N) is 2. The van der Waals surface area contributed by atoms with E-state index in [0.717, 1.165) is 5.56 Å². The van der Waals surface area contributed by atoms with Crippen molar-refractivity contribution in [3.8, 4) is 5.75 Å². The summed E-state index contributed by atoms with van der Waals surface area (Å²) in [6.45, 7) is -0.240. The lowest BCUT2D eigenvalue weighted by Gasteiger charge is -2.38. The third kappa shape index (κ3) is 5.82. The van der Waals surface area contributed by atoms with Crippen LogP contribution in [0.15, 0.2) is 71.9 Å². The quantitative estimate of drug-likeness (QED) is 0.297. The average molecular weight is 536 g/mol. The van der Waals surface area contributed by atoms with Gasteiger partial charge in [-0.2, -0.15) is 4.72 Å². The number of benzene rings is 2. The lowest BCUT2D eigenvalue weighted by molar-refractivity contribution is -0.143. The number of aromatic nitrogens is 1. The Morgan fingerprint density at radius 2 is 2.03 bits per heavy atom. The van der Waals surface area contributed by atoms with Crippen LogP contribution in [0.4, 0.5) is 4.39 Å². The van der Waals surface area contributed by atoms with Gasteiger partial charge in [-0.05, 0) is 60.9 Å². The molecule has 1 fully saturated rings. The van der Waals surface area contributed by atoms with Gasteiger partial charge in [0.1, 0.15) is 23.7 Å². The van der Waals surface area contributed by atoms with Crippen molar-refractivity contribution in [2.75, 3.05) is 6.61 Å². The predicted molar refractivity (Wildman–Crippen MR) is 127 cm³/mol. The molecule has 2 unspecified atom stereocenters. The van der Waals surface area contributed by atoms with Crippen molar-refractivity contribution in [2.24, 2.45) is 0 Å². The number of halogens is 2. The van der Waals surface area contributed by atoms with E-state index in [1.165, 1.54) is 42.5 Å². The van der Waals surface area contributed by atoms with E-state index < -0.39 is 27.3 Å². The Morgan fingerprint density at radius 3 is 2.64 bits per heavy atom. The van der Waals surface area contributed by atoms with E-state index in [-0.39, 0.29) is 35.7 Å². The van der Waals surface area contributed by atoms with E-state index in [1.807, 2.05) is 6.07 Å². The lowest BCUT2D eigenvalue weighted by Crippen LogP contribution is -2.62. The highest BCUT2D eigenvalue weighted by molar-refractivity contribution is 7.89. The monoisotopic (exact) mass is 535 g/mol. The van der Waals surface area contributed by atoms with Crippen molar-refractivity contribution in [1.82, 2.24) is 15.2 Å². The first-order valence-corrected chi connectivity index (χ1v) is 12.8. The molecular formula is C24H23ClFN3O6S. The molecule has 12 heteroatoms. The molecule has 4 rings (SSSR count). The Balaban J connectivity index is 1.45. The summed E-state index contributed by atoms with van der Waals surface area (Å²) in [5.41, 5.74) is 1.20. The van der Waals surface area contributed by atoms with Crippen molar-refractivity contribution in [2.45, 2.75) is 36.0 Å². The Labute approximate surface area is 212 Å². The van der Waals surface area contributed by atoms with Crippen LogP contribution in [0.1, 0.15) is 30.1 Å². The minimum atomic E-state index is -4.18. The van der Waals surface area contributed by atoms with Gasteiger partial charge in [0.05, 0.1) is 22.6 Å². The first-order chi connectivity index (χ1) is 17.2. The third-order valence-electron chi connectivity index (χ3n) is 5.83. The van der Waals surface area contributed by atoms with Crippen LogP contribution in [0, 0.1) is 5.82 Å². The van der Waals surface area contributed by atoms with Gasteiger partial charge >= 0.3 is 0 Å². The molecule has 0 bridgehead atoms. The van der Waals surface area contributed by atoms with Gasteiger partial charge in [0, 0.05) is 18.0 Å². The van der Waals surface area contributed by atoms with Crippen molar-refractivity contribution < 1.29 is 32.3 Å². The molecular weight excluding hydrogens is 513 g/mol. The van der Waals surface area contributed by atoms with Crippen molar-refractivity contribution in [3.05, 3.63) is 89.0 Å². The molecule has 3 N–H and O–H groups in total. The number of hydrogen-bond donors (Lipinski definition) is 3. The smallest absolute Gasteiger partial charge is 0.267 e. The summed E-state index contributed by atoms with van der Waals surface area (Å²) in [7, 11) is -4.18. The summed E-state index contributed by atoms with van der Waals surface area (Å²) < 4.78 is 53.2. The topological polar surface area (TPSA) is 127 Å². The fourth-order valence-corrected chi connectivity index (χ4v) is 5.45. The summed E-state index contributed by atoms with van der Waals surface area (Å²) >= 11 is 6.00. The number of ether oxygens (including phenoxy) is 2. The first kappa shape index (κ1) is 26.0. The molecule has 9 nitrogen and oxygen atoms in total. The third-order valence-corrected chi connectivity index (χ3v) is 7.73. The van der Waals surface area contributed by atoms with E-state index in [0.29, 0.717) is 17.7 Å². The molecule has 1 aromatic heterocycles. The number of carbonyl (C=O) groups is 1. The maximum absolute atomic E-state index is 13.2. The normalized spacial score (nSPS) is 20.0. The molecule has 1 amide bonds. The molecule has 3 aromatic rings. The van der Waals surface area contributed by atoms with E-state index >= 15 is 0 Å². The molecule has 0 aliphatic carbocycles. The minimum Gasteiger partial charge on any atom is -0.489 e. The van der Waals surface area contributed by atoms with Crippen LogP contribution in [0.5, 0.6) is 5.75 Å². The van der Waals surface area contributed by atoms with Gasteiger partial charge in [-0.3, -0.25) is 15.0 Å². The molecule has 1 aliphatic heterocycles. The fraction of sp³-hybridized carbons (Fsp3) is 0.250. The van der Waals surface area contributed by atoms with Crippen LogP contribution < -0.4 is 14.9 Å². The highest BCUT2D eigenvalue weighted by Gasteiger charge is 2.46. The number of hydrogen-bond acceptors (Lipinski definition) is 7. The summed E-state index contributed by atoms with van der Waals surface area (Å²) in [4.78, 5) is 16.5. The van der Waals surface area contributed by atoms with Gasteiger partial charge < -0.3 is 9.47 Å². The summed E-state index contributed by atoms with van der Waals surface area (Å²) in [5, 5.41) is 9.49. The Hall–Kier alpha value is -3.09. The van der Waals surface area contributed by atoms with Crippen molar-refractivity contribution in [1.29, 1.82) is 0 Å². The first-order valence-electron chi connectivity index (χ1n) is 10.9. The molecule has 190 valence electrons. The molecule has 1 saturated heterocycles. The Bertz CT molecular complexity index is 1320. The predicted octanol–water partition coefficient (Wildman–Crippen LogP) is 3.53. The van der Waals surface area contributed by atoms with Crippen LogP contribution in [-0.2, 0) is 26.2 Å². The van der Waals surface area contributed by atoms with Crippen LogP contribution in [0.2, 0.25) is 5.02 Å². The number of sulfonamides is 1. The molecule has 36 heavy (non-hydrogen) atoms. The second-order valence-electron chi connectivity index (χ2n) is 8.25. The number of carbonyl (C=O) groups excluding carboxylic acids is 1. The number of rotatable bonds is 8. The average Bonchev–Trinajstić information content (AvgIpc) is 2.88. The molecule has 2 atom stereocenters. The zero-order valence-corrected chi connectivity index (χ0v) is 20.4. The summed E-state index contributed by atoms with van der Waals surface area (Å²) in [6.07, 6.45) is 3.30. The van der Waals surface area contributed by atoms with Gasteiger partial charge in [-0.15, -0.1) is 0 Å². The highest BCUT2D eigenvalue weighted by Crippen LogP contribution is 2.34. The van der Waals surface area contributed by atoms with Gasteiger partial charge in [0.25, 0.3) is 5.91 Å². The second-order valence-corrected chi connectivity index (χ2v) is 10.3.